The molecule has 0 radical (unpaired) electrons. The smallest absolute Gasteiger partial charge is 0.119 e. The molecule has 0 aliphatic heterocycles. The van der Waals surface area contributed by atoms with Gasteiger partial charge in [-0.05, 0) is 30.5 Å². The van der Waals surface area contributed by atoms with Crippen LogP contribution < -0.4 is 10.1 Å². The molecule has 19 heavy (non-hydrogen) atoms. The maximum atomic E-state index is 5.55. The first-order valence-corrected chi connectivity index (χ1v) is 7.32. The van der Waals surface area contributed by atoms with E-state index in [2.05, 4.69) is 17.4 Å². The van der Waals surface area contributed by atoms with Crippen molar-refractivity contribution in [2.24, 2.45) is 0 Å². The highest BCUT2D eigenvalue weighted by atomic mass is 16.5. The largest absolute Gasteiger partial charge is 0.491 e. The zero-order chi connectivity index (χ0) is 13.3. The molecule has 0 heterocycles. The molecule has 0 bridgehead atoms. The second-order valence-corrected chi connectivity index (χ2v) is 5.20. The van der Waals surface area contributed by atoms with Gasteiger partial charge in [0.05, 0.1) is 6.61 Å². The quantitative estimate of drug-likeness (QED) is 0.767. The van der Waals surface area contributed by atoms with Crippen LogP contribution in [0.15, 0.2) is 24.3 Å². The number of methoxy groups -OCH3 is 1. The van der Waals surface area contributed by atoms with Crippen molar-refractivity contribution in [2.45, 2.75) is 44.7 Å². The monoisotopic (exact) mass is 263 g/mol. The van der Waals surface area contributed by atoms with Gasteiger partial charge >= 0.3 is 0 Å². The first-order valence-electron chi connectivity index (χ1n) is 7.32. The lowest BCUT2D eigenvalue weighted by molar-refractivity contribution is 0.146. The Kier molecular flexibility index (Phi) is 6.18. The van der Waals surface area contributed by atoms with Crippen LogP contribution in [-0.4, -0.2) is 26.4 Å². The molecule has 0 spiro atoms. The van der Waals surface area contributed by atoms with Crippen molar-refractivity contribution in [1.82, 2.24) is 5.32 Å². The fourth-order valence-electron chi connectivity index (χ4n) is 2.52. The second kappa shape index (κ2) is 8.18. The summed E-state index contributed by atoms with van der Waals surface area (Å²) in [6.45, 7) is 2.20. The molecule has 1 aromatic carbocycles. The van der Waals surface area contributed by atoms with Crippen LogP contribution in [0.2, 0.25) is 0 Å². The van der Waals surface area contributed by atoms with Crippen LogP contribution in [0.5, 0.6) is 5.75 Å². The number of ether oxygens (including phenoxy) is 2. The number of nitrogens with one attached hydrogen (secondary N) is 1. The first-order chi connectivity index (χ1) is 9.38. The molecule has 1 N–H and O–H groups in total. The molecule has 1 aliphatic rings. The molecule has 0 atom stereocenters. The molecule has 1 aromatic rings. The summed E-state index contributed by atoms with van der Waals surface area (Å²) in [7, 11) is 1.68. The van der Waals surface area contributed by atoms with Crippen molar-refractivity contribution in [3.63, 3.8) is 0 Å². The lowest BCUT2D eigenvalue weighted by Gasteiger charge is -2.22. The summed E-state index contributed by atoms with van der Waals surface area (Å²) < 4.78 is 10.5. The molecule has 0 saturated heterocycles. The van der Waals surface area contributed by atoms with E-state index in [0.717, 1.165) is 12.3 Å². The average Bonchev–Trinajstić information content (AvgIpc) is 2.48. The number of hydrogen-bond acceptors (Lipinski definition) is 3. The molecule has 1 aliphatic carbocycles. The van der Waals surface area contributed by atoms with Crippen molar-refractivity contribution < 1.29 is 9.47 Å². The van der Waals surface area contributed by atoms with E-state index in [1.165, 1.54) is 37.7 Å². The molecule has 0 aromatic heterocycles. The third-order valence-corrected chi connectivity index (χ3v) is 3.68. The van der Waals surface area contributed by atoms with E-state index in [-0.39, 0.29) is 0 Å². The summed E-state index contributed by atoms with van der Waals surface area (Å²) in [5.41, 5.74) is 1.32. The maximum absolute atomic E-state index is 5.55. The van der Waals surface area contributed by atoms with Gasteiger partial charge in [0.2, 0.25) is 0 Å². The van der Waals surface area contributed by atoms with E-state index < -0.39 is 0 Å². The van der Waals surface area contributed by atoms with Gasteiger partial charge in [-0.3, -0.25) is 0 Å². The van der Waals surface area contributed by atoms with Crippen LogP contribution >= 0.6 is 0 Å². The molecule has 1 saturated carbocycles. The first kappa shape index (κ1) is 14.4. The molecule has 3 nitrogen and oxygen atoms in total. The summed E-state index contributed by atoms with van der Waals surface area (Å²) >= 11 is 0. The highest BCUT2D eigenvalue weighted by molar-refractivity contribution is 5.27. The molecule has 0 amide bonds. The van der Waals surface area contributed by atoms with Gasteiger partial charge in [-0.25, -0.2) is 0 Å². The summed E-state index contributed by atoms with van der Waals surface area (Å²) in [6, 6.07) is 9.06. The van der Waals surface area contributed by atoms with E-state index >= 15 is 0 Å². The van der Waals surface area contributed by atoms with Crippen molar-refractivity contribution in [3.8, 4) is 5.75 Å². The Labute approximate surface area is 116 Å². The fraction of sp³-hybridized carbons (Fsp3) is 0.625. The third-order valence-electron chi connectivity index (χ3n) is 3.68. The van der Waals surface area contributed by atoms with Gasteiger partial charge in [0.15, 0.2) is 0 Å². The molecule has 106 valence electrons. The lowest BCUT2D eigenvalue weighted by Crippen LogP contribution is -2.30. The minimum Gasteiger partial charge on any atom is -0.491 e. The van der Waals surface area contributed by atoms with Gasteiger partial charge < -0.3 is 14.8 Å². The zero-order valence-electron chi connectivity index (χ0n) is 11.9. The summed E-state index contributed by atoms with van der Waals surface area (Å²) in [5.74, 6) is 0.915. The highest BCUT2D eigenvalue weighted by Gasteiger charge is 2.12. The maximum Gasteiger partial charge on any atom is 0.119 e. The summed E-state index contributed by atoms with van der Waals surface area (Å²) in [6.07, 6.45) is 6.83. The fourth-order valence-corrected chi connectivity index (χ4v) is 2.52. The summed E-state index contributed by atoms with van der Waals surface area (Å²) in [4.78, 5) is 0. The third kappa shape index (κ3) is 5.21. The van der Waals surface area contributed by atoms with E-state index in [4.69, 9.17) is 9.47 Å². The predicted molar refractivity (Wildman–Crippen MR) is 77.5 cm³/mol. The predicted octanol–water partition coefficient (Wildman–Crippen LogP) is 3.13. The molecule has 0 unspecified atom stereocenters. The Morgan fingerprint density at radius 3 is 2.47 bits per heavy atom. The van der Waals surface area contributed by atoms with E-state index in [0.29, 0.717) is 19.3 Å². The Bertz CT molecular complexity index is 344. The highest BCUT2D eigenvalue weighted by Crippen LogP contribution is 2.18. The molecular formula is C16H25NO2. The lowest BCUT2D eigenvalue weighted by atomic mass is 9.95. The van der Waals surface area contributed by atoms with Gasteiger partial charge in [-0.2, -0.15) is 0 Å². The zero-order valence-corrected chi connectivity index (χ0v) is 11.9. The normalized spacial score (nSPS) is 16.5. The Morgan fingerprint density at radius 2 is 1.79 bits per heavy atom. The van der Waals surface area contributed by atoms with Gasteiger partial charge in [-0.15, -0.1) is 0 Å². The van der Waals surface area contributed by atoms with Gasteiger partial charge in [-0.1, -0.05) is 31.4 Å². The van der Waals surface area contributed by atoms with Crippen LogP contribution in [0.25, 0.3) is 0 Å². The second-order valence-electron chi connectivity index (χ2n) is 5.20. The Balaban J connectivity index is 1.71. The summed E-state index contributed by atoms with van der Waals surface area (Å²) in [5, 5.41) is 3.65. The average molecular weight is 263 g/mol. The van der Waals surface area contributed by atoms with Gasteiger partial charge in [0.1, 0.15) is 12.4 Å². The van der Waals surface area contributed by atoms with E-state index in [1.54, 1.807) is 7.11 Å². The van der Waals surface area contributed by atoms with E-state index in [9.17, 15) is 0 Å². The number of rotatable bonds is 7. The van der Waals surface area contributed by atoms with Crippen LogP contribution in [0.4, 0.5) is 0 Å². The molecule has 1 fully saturated rings. The van der Waals surface area contributed by atoms with Gasteiger partial charge in [0, 0.05) is 19.7 Å². The van der Waals surface area contributed by atoms with E-state index in [1.807, 2.05) is 12.1 Å². The minimum atomic E-state index is 0.607. The van der Waals surface area contributed by atoms with Crippen molar-refractivity contribution in [3.05, 3.63) is 29.8 Å². The Morgan fingerprint density at radius 1 is 1.05 bits per heavy atom. The topological polar surface area (TPSA) is 30.5 Å². The van der Waals surface area contributed by atoms with Crippen molar-refractivity contribution in [2.75, 3.05) is 20.3 Å². The van der Waals surface area contributed by atoms with Crippen LogP contribution in [0.3, 0.4) is 0 Å². The van der Waals surface area contributed by atoms with Crippen molar-refractivity contribution in [1.29, 1.82) is 0 Å². The minimum absolute atomic E-state index is 0.607. The molecule has 3 heteroatoms. The number of hydrogen-bond donors (Lipinski definition) is 1. The Hall–Kier alpha value is -1.06. The molecule has 2 rings (SSSR count). The SMILES string of the molecule is COCCOc1ccc(CNC2CCCCC2)cc1. The number of benzene rings is 1. The van der Waals surface area contributed by atoms with Gasteiger partial charge in [0.25, 0.3) is 0 Å². The van der Waals surface area contributed by atoms with Crippen molar-refractivity contribution >= 4 is 0 Å². The van der Waals surface area contributed by atoms with Crippen LogP contribution in [-0.2, 0) is 11.3 Å². The standard InChI is InChI=1S/C16H25NO2/c1-18-11-12-19-16-9-7-14(8-10-16)13-17-15-5-3-2-4-6-15/h7-10,15,17H,2-6,11-13H2,1H3. The van der Waals surface area contributed by atoms with Crippen LogP contribution in [0, 0.1) is 0 Å². The molecular weight excluding hydrogens is 238 g/mol. The van der Waals surface area contributed by atoms with Crippen LogP contribution in [0.1, 0.15) is 37.7 Å².